The minimum absolute atomic E-state index is 0.102. The minimum atomic E-state index is -0.391. The molecule has 1 aliphatic heterocycles. The molecular formula is C25H23ClN2O4. The molecule has 1 heterocycles. The van der Waals surface area contributed by atoms with Crippen molar-refractivity contribution in [2.45, 2.75) is 18.6 Å². The van der Waals surface area contributed by atoms with Gasteiger partial charge in [0.1, 0.15) is 6.17 Å². The molecule has 164 valence electrons. The molecule has 32 heavy (non-hydrogen) atoms. The lowest BCUT2D eigenvalue weighted by molar-refractivity contribution is 0.0600. The van der Waals surface area contributed by atoms with Crippen molar-refractivity contribution in [3.63, 3.8) is 0 Å². The van der Waals surface area contributed by atoms with Gasteiger partial charge in [-0.15, -0.1) is 0 Å². The molecule has 0 fully saturated rings. The Balaban J connectivity index is 1.73. The second-order valence-corrected chi connectivity index (χ2v) is 7.86. The molecule has 0 bridgehead atoms. The molecule has 3 aromatic rings. The molecule has 0 spiro atoms. The van der Waals surface area contributed by atoms with Crippen LogP contribution in [0.3, 0.4) is 0 Å². The second-order valence-electron chi connectivity index (χ2n) is 7.42. The van der Waals surface area contributed by atoms with Crippen molar-refractivity contribution in [3.8, 4) is 11.5 Å². The van der Waals surface area contributed by atoms with Crippen LogP contribution in [0.1, 0.15) is 45.7 Å². The SMILES string of the molecule is COC(=O)c1ccc([C@@H]2N=C(c3ccc(Cl)cc3)C[C@H](c3cccc(OC)c3O)N2)cc1. The molecule has 7 heteroatoms. The van der Waals surface area contributed by atoms with Gasteiger partial charge in [-0.2, -0.15) is 0 Å². The molecule has 2 atom stereocenters. The van der Waals surface area contributed by atoms with E-state index in [9.17, 15) is 9.90 Å². The van der Waals surface area contributed by atoms with Crippen LogP contribution in [0.2, 0.25) is 5.02 Å². The second kappa shape index (κ2) is 9.42. The molecule has 1 aliphatic rings. The smallest absolute Gasteiger partial charge is 0.337 e. The van der Waals surface area contributed by atoms with Gasteiger partial charge in [0.05, 0.1) is 19.8 Å². The number of rotatable bonds is 5. The summed E-state index contributed by atoms with van der Waals surface area (Å²) in [4.78, 5) is 16.7. The highest BCUT2D eigenvalue weighted by atomic mass is 35.5. The van der Waals surface area contributed by atoms with Crippen LogP contribution in [0.15, 0.2) is 71.7 Å². The fourth-order valence-corrected chi connectivity index (χ4v) is 3.92. The number of phenols is 1. The minimum Gasteiger partial charge on any atom is -0.504 e. The van der Waals surface area contributed by atoms with Gasteiger partial charge in [0.25, 0.3) is 0 Å². The summed E-state index contributed by atoms with van der Waals surface area (Å²) in [6, 6.07) is 19.9. The third-order valence-corrected chi connectivity index (χ3v) is 5.74. The molecule has 0 unspecified atom stereocenters. The number of hydrogen-bond acceptors (Lipinski definition) is 6. The van der Waals surface area contributed by atoms with Crippen molar-refractivity contribution in [1.29, 1.82) is 0 Å². The Labute approximate surface area is 191 Å². The summed E-state index contributed by atoms with van der Waals surface area (Å²) in [5, 5.41) is 14.9. The monoisotopic (exact) mass is 450 g/mol. The zero-order valence-corrected chi connectivity index (χ0v) is 18.5. The van der Waals surface area contributed by atoms with Gasteiger partial charge >= 0.3 is 5.97 Å². The molecule has 6 nitrogen and oxygen atoms in total. The number of carbonyl (C=O) groups excluding carboxylic acids is 1. The number of ether oxygens (including phenoxy) is 2. The number of carbonyl (C=O) groups is 1. The van der Waals surface area contributed by atoms with E-state index in [0.717, 1.165) is 22.4 Å². The fraction of sp³-hybridized carbons (Fsp3) is 0.200. The van der Waals surface area contributed by atoms with Crippen LogP contribution in [0.25, 0.3) is 0 Å². The Morgan fingerprint density at radius 3 is 2.44 bits per heavy atom. The Kier molecular flexibility index (Phi) is 6.44. The van der Waals surface area contributed by atoms with E-state index < -0.39 is 5.97 Å². The van der Waals surface area contributed by atoms with Crippen LogP contribution in [-0.2, 0) is 4.74 Å². The van der Waals surface area contributed by atoms with Crippen molar-refractivity contribution in [2.75, 3.05) is 14.2 Å². The number of aromatic hydroxyl groups is 1. The molecule has 0 radical (unpaired) electrons. The highest BCUT2D eigenvalue weighted by Crippen LogP contribution is 2.38. The summed E-state index contributed by atoms with van der Waals surface area (Å²) in [5.41, 5.74) is 3.92. The van der Waals surface area contributed by atoms with E-state index in [1.807, 2.05) is 48.5 Å². The predicted molar refractivity (Wildman–Crippen MR) is 124 cm³/mol. The van der Waals surface area contributed by atoms with Crippen LogP contribution >= 0.6 is 11.6 Å². The first kappa shape index (κ1) is 21.9. The van der Waals surface area contributed by atoms with E-state index in [-0.39, 0.29) is 18.0 Å². The first-order valence-corrected chi connectivity index (χ1v) is 10.5. The van der Waals surface area contributed by atoms with Crippen molar-refractivity contribution < 1.29 is 19.4 Å². The predicted octanol–water partition coefficient (Wildman–Crippen LogP) is 5.06. The Hall–Kier alpha value is -3.35. The Bertz CT molecular complexity index is 1140. The average Bonchev–Trinajstić information content (AvgIpc) is 2.84. The number of esters is 1. The number of nitrogens with zero attached hydrogens (tertiary/aromatic N) is 1. The van der Waals surface area contributed by atoms with Crippen LogP contribution in [0, 0.1) is 0 Å². The molecular weight excluding hydrogens is 428 g/mol. The van der Waals surface area contributed by atoms with Crippen molar-refractivity contribution >= 4 is 23.3 Å². The number of aliphatic imine (C=N–C) groups is 1. The summed E-state index contributed by atoms with van der Waals surface area (Å²) in [6.45, 7) is 0. The molecule has 4 rings (SSSR count). The largest absolute Gasteiger partial charge is 0.504 e. The number of halogens is 1. The highest BCUT2D eigenvalue weighted by Gasteiger charge is 2.28. The van der Waals surface area contributed by atoms with E-state index in [0.29, 0.717) is 22.8 Å². The average molecular weight is 451 g/mol. The van der Waals surface area contributed by atoms with Crippen molar-refractivity contribution in [2.24, 2.45) is 4.99 Å². The Morgan fingerprint density at radius 2 is 1.78 bits per heavy atom. The standard InChI is InChI=1S/C25H23ClN2O4/c1-31-22-5-3-4-19(23(22)29)21-14-20(15-10-12-18(26)13-11-15)27-24(28-21)16-6-8-17(9-7-16)25(30)32-2/h3-13,21,24,28-29H,14H2,1-2H3/t21-,24-/m1/s1. The topological polar surface area (TPSA) is 80.2 Å². The number of methoxy groups -OCH3 is 2. The molecule has 0 aliphatic carbocycles. The summed E-state index contributed by atoms with van der Waals surface area (Å²) in [5.74, 6) is 0.126. The van der Waals surface area contributed by atoms with Gasteiger partial charge in [-0.05, 0) is 41.5 Å². The maximum Gasteiger partial charge on any atom is 0.337 e. The summed E-state index contributed by atoms with van der Waals surface area (Å²) in [7, 11) is 2.88. The molecule has 0 amide bonds. The number of phenolic OH excluding ortho intramolecular Hbond substituents is 1. The van der Waals surface area contributed by atoms with Gasteiger partial charge in [-0.25, -0.2) is 4.79 Å². The van der Waals surface area contributed by atoms with Crippen LogP contribution in [-0.4, -0.2) is 31.0 Å². The maximum atomic E-state index is 11.8. The van der Waals surface area contributed by atoms with Gasteiger partial charge in [-0.1, -0.05) is 48.0 Å². The first-order chi connectivity index (χ1) is 15.5. The highest BCUT2D eigenvalue weighted by molar-refractivity contribution is 6.30. The lowest BCUT2D eigenvalue weighted by Gasteiger charge is -2.31. The van der Waals surface area contributed by atoms with E-state index >= 15 is 0 Å². The summed E-state index contributed by atoms with van der Waals surface area (Å²) >= 11 is 6.07. The van der Waals surface area contributed by atoms with E-state index in [4.69, 9.17) is 26.1 Å². The van der Waals surface area contributed by atoms with Crippen LogP contribution in [0.4, 0.5) is 0 Å². The quantitative estimate of drug-likeness (QED) is 0.531. The zero-order valence-electron chi connectivity index (χ0n) is 17.7. The molecule has 2 N–H and O–H groups in total. The molecule has 0 saturated carbocycles. The summed E-state index contributed by atoms with van der Waals surface area (Å²) in [6.07, 6.45) is 0.191. The van der Waals surface area contributed by atoms with Gasteiger partial charge in [0.2, 0.25) is 0 Å². The van der Waals surface area contributed by atoms with E-state index in [1.165, 1.54) is 14.2 Å². The first-order valence-electron chi connectivity index (χ1n) is 10.1. The van der Waals surface area contributed by atoms with Gasteiger partial charge < -0.3 is 14.6 Å². The normalized spacial score (nSPS) is 18.0. The number of hydrogen-bond donors (Lipinski definition) is 2. The lowest BCUT2D eigenvalue weighted by Crippen LogP contribution is -2.33. The lowest BCUT2D eigenvalue weighted by atomic mass is 9.93. The van der Waals surface area contributed by atoms with E-state index in [2.05, 4.69) is 5.32 Å². The van der Waals surface area contributed by atoms with Crippen LogP contribution in [0.5, 0.6) is 11.5 Å². The Morgan fingerprint density at radius 1 is 1.06 bits per heavy atom. The summed E-state index contributed by atoms with van der Waals surface area (Å²) < 4.78 is 10.1. The van der Waals surface area contributed by atoms with E-state index in [1.54, 1.807) is 18.2 Å². The molecule has 0 aromatic heterocycles. The maximum absolute atomic E-state index is 11.8. The number of benzene rings is 3. The molecule has 3 aromatic carbocycles. The third kappa shape index (κ3) is 4.47. The van der Waals surface area contributed by atoms with Crippen LogP contribution < -0.4 is 10.1 Å². The van der Waals surface area contributed by atoms with Gasteiger partial charge in [-0.3, -0.25) is 10.3 Å². The third-order valence-electron chi connectivity index (χ3n) is 5.49. The number of para-hydroxylation sites is 1. The number of nitrogens with one attached hydrogen (secondary N) is 1. The zero-order chi connectivity index (χ0) is 22.7. The van der Waals surface area contributed by atoms with Crippen molar-refractivity contribution in [1.82, 2.24) is 5.32 Å². The van der Waals surface area contributed by atoms with Gasteiger partial charge in [0.15, 0.2) is 11.5 Å². The van der Waals surface area contributed by atoms with Crippen molar-refractivity contribution in [3.05, 3.63) is 94.0 Å². The van der Waals surface area contributed by atoms with Gasteiger partial charge in [0, 0.05) is 28.8 Å². The fourth-order valence-electron chi connectivity index (χ4n) is 3.80. The molecule has 0 saturated heterocycles.